The molecule has 0 unspecified atom stereocenters. The Morgan fingerprint density at radius 3 is 2.93 bits per heavy atom. The summed E-state index contributed by atoms with van der Waals surface area (Å²) < 4.78 is 12.7. The van der Waals surface area contributed by atoms with Crippen molar-refractivity contribution in [2.24, 2.45) is 0 Å². The number of carbonyl (C=O) groups is 1. The molecule has 1 amide bonds. The van der Waals surface area contributed by atoms with E-state index in [-0.39, 0.29) is 12.1 Å². The fourth-order valence-electron chi connectivity index (χ4n) is 3.40. The molecule has 6 heteroatoms. The van der Waals surface area contributed by atoms with Crippen molar-refractivity contribution in [3.63, 3.8) is 0 Å². The van der Waals surface area contributed by atoms with Gasteiger partial charge in [0.2, 0.25) is 0 Å². The van der Waals surface area contributed by atoms with E-state index in [1.54, 1.807) is 16.2 Å². The van der Waals surface area contributed by atoms with E-state index in [2.05, 4.69) is 22.8 Å². The number of ether oxygens (including phenoxy) is 2. The van der Waals surface area contributed by atoms with Crippen LogP contribution in [0.4, 0.5) is 4.79 Å². The SMILES string of the molecule is O=C(OCc1ccccc1)N1CCN[C@H](CCOc2cccc3sccc23)C1. The van der Waals surface area contributed by atoms with Crippen LogP contribution < -0.4 is 10.1 Å². The van der Waals surface area contributed by atoms with Gasteiger partial charge in [0.25, 0.3) is 0 Å². The van der Waals surface area contributed by atoms with Crippen LogP contribution in [-0.4, -0.2) is 43.3 Å². The van der Waals surface area contributed by atoms with Gasteiger partial charge in [-0.05, 0) is 35.6 Å². The Labute approximate surface area is 168 Å². The van der Waals surface area contributed by atoms with Crippen molar-refractivity contribution in [2.45, 2.75) is 19.1 Å². The van der Waals surface area contributed by atoms with Crippen LogP contribution in [-0.2, 0) is 11.3 Å². The van der Waals surface area contributed by atoms with E-state index in [9.17, 15) is 4.79 Å². The lowest BCUT2D eigenvalue weighted by atomic mass is 10.1. The maximum absolute atomic E-state index is 12.4. The number of piperazine rings is 1. The largest absolute Gasteiger partial charge is 0.493 e. The molecule has 4 rings (SSSR count). The molecule has 1 N–H and O–H groups in total. The maximum atomic E-state index is 12.4. The molecule has 28 heavy (non-hydrogen) atoms. The molecule has 1 atom stereocenters. The monoisotopic (exact) mass is 396 g/mol. The second-order valence-corrected chi connectivity index (χ2v) is 7.81. The molecule has 146 valence electrons. The number of nitrogens with one attached hydrogen (secondary N) is 1. The minimum Gasteiger partial charge on any atom is -0.493 e. The van der Waals surface area contributed by atoms with Crippen molar-refractivity contribution in [1.82, 2.24) is 10.2 Å². The fourth-order valence-corrected chi connectivity index (χ4v) is 4.20. The van der Waals surface area contributed by atoms with Crippen LogP contribution in [0.5, 0.6) is 5.75 Å². The summed E-state index contributed by atoms with van der Waals surface area (Å²) in [5, 5.41) is 6.71. The van der Waals surface area contributed by atoms with Crippen LogP contribution in [0, 0.1) is 0 Å². The fraction of sp³-hybridized carbons (Fsp3) is 0.318. The lowest BCUT2D eigenvalue weighted by Crippen LogP contribution is -2.53. The molecule has 5 nitrogen and oxygen atoms in total. The quantitative estimate of drug-likeness (QED) is 0.676. The molecule has 1 aliphatic rings. The highest BCUT2D eigenvalue weighted by molar-refractivity contribution is 7.17. The van der Waals surface area contributed by atoms with Gasteiger partial charge < -0.3 is 19.7 Å². The third-order valence-corrected chi connectivity index (χ3v) is 5.78. The molecular weight excluding hydrogens is 372 g/mol. The summed E-state index contributed by atoms with van der Waals surface area (Å²) in [6.45, 7) is 2.99. The van der Waals surface area contributed by atoms with Crippen molar-refractivity contribution in [1.29, 1.82) is 0 Å². The highest BCUT2D eigenvalue weighted by Crippen LogP contribution is 2.29. The molecule has 0 radical (unpaired) electrons. The highest BCUT2D eigenvalue weighted by Gasteiger charge is 2.24. The molecule has 0 saturated carbocycles. The Hall–Kier alpha value is -2.57. The second-order valence-electron chi connectivity index (χ2n) is 6.86. The second kappa shape index (κ2) is 9.08. The Balaban J connectivity index is 1.24. The molecule has 1 fully saturated rings. The van der Waals surface area contributed by atoms with Gasteiger partial charge in [-0.3, -0.25) is 0 Å². The van der Waals surface area contributed by atoms with Gasteiger partial charge in [0, 0.05) is 35.8 Å². The summed E-state index contributed by atoms with van der Waals surface area (Å²) >= 11 is 1.72. The summed E-state index contributed by atoms with van der Waals surface area (Å²) in [5.41, 5.74) is 0.999. The van der Waals surface area contributed by atoms with Crippen molar-refractivity contribution in [2.75, 3.05) is 26.2 Å². The van der Waals surface area contributed by atoms with Crippen molar-refractivity contribution >= 4 is 27.5 Å². The van der Waals surface area contributed by atoms with Crippen LogP contribution >= 0.6 is 11.3 Å². The first-order chi connectivity index (χ1) is 13.8. The number of hydrogen-bond donors (Lipinski definition) is 1. The van der Waals surface area contributed by atoms with Gasteiger partial charge in [0.1, 0.15) is 12.4 Å². The van der Waals surface area contributed by atoms with E-state index in [0.717, 1.165) is 29.7 Å². The van der Waals surface area contributed by atoms with E-state index < -0.39 is 0 Å². The zero-order chi connectivity index (χ0) is 19.2. The molecule has 1 aliphatic heterocycles. The van der Waals surface area contributed by atoms with Crippen LogP contribution in [0.25, 0.3) is 10.1 Å². The summed E-state index contributed by atoms with van der Waals surface area (Å²) in [4.78, 5) is 14.2. The highest BCUT2D eigenvalue weighted by atomic mass is 32.1. The number of benzene rings is 2. The predicted molar refractivity (Wildman–Crippen MR) is 112 cm³/mol. The summed E-state index contributed by atoms with van der Waals surface area (Å²) in [5.74, 6) is 0.925. The lowest BCUT2D eigenvalue weighted by molar-refractivity contribution is 0.0827. The number of rotatable bonds is 6. The number of amides is 1. The topological polar surface area (TPSA) is 50.8 Å². The maximum Gasteiger partial charge on any atom is 0.410 e. The van der Waals surface area contributed by atoms with Crippen LogP contribution in [0.1, 0.15) is 12.0 Å². The van der Waals surface area contributed by atoms with E-state index >= 15 is 0 Å². The Kier molecular flexibility index (Phi) is 6.09. The Morgan fingerprint density at radius 1 is 1.14 bits per heavy atom. The molecule has 0 aliphatic carbocycles. The van der Waals surface area contributed by atoms with Crippen LogP contribution in [0.2, 0.25) is 0 Å². The molecule has 1 aromatic heterocycles. The van der Waals surface area contributed by atoms with Gasteiger partial charge in [-0.2, -0.15) is 0 Å². The summed E-state index contributed by atoms with van der Waals surface area (Å²) in [6.07, 6.45) is 0.586. The Bertz CT molecular complexity index is 912. The van der Waals surface area contributed by atoms with Gasteiger partial charge in [0.05, 0.1) is 6.61 Å². The van der Waals surface area contributed by atoms with E-state index in [1.165, 1.54) is 4.70 Å². The van der Waals surface area contributed by atoms with Crippen LogP contribution in [0.15, 0.2) is 60.0 Å². The molecule has 0 spiro atoms. The number of hydrogen-bond acceptors (Lipinski definition) is 5. The average molecular weight is 397 g/mol. The molecule has 3 aromatic rings. The van der Waals surface area contributed by atoms with Crippen molar-refractivity contribution in [3.05, 3.63) is 65.5 Å². The van der Waals surface area contributed by atoms with Gasteiger partial charge >= 0.3 is 6.09 Å². The number of nitrogens with zero attached hydrogens (tertiary/aromatic N) is 1. The molecular formula is C22H24N2O3S. The normalized spacial score (nSPS) is 16.9. The minimum atomic E-state index is -0.251. The Morgan fingerprint density at radius 2 is 2.04 bits per heavy atom. The van der Waals surface area contributed by atoms with E-state index in [1.807, 2.05) is 42.5 Å². The van der Waals surface area contributed by atoms with E-state index in [0.29, 0.717) is 26.3 Å². The van der Waals surface area contributed by atoms with Crippen molar-refractivity contribution in [3.8, 4) is 5.75 Å². The average Bonchev–Trinajstić information content (AvgIpc) is 3.23. The van der Waals surface area contributed by atoms with Gasteiger partial charge in [-0.15, -0.1) is 11.3 Å². The third-order valence-electron chi connectivity index (χ3n) is 4.90. The third kappa shape index (κ3) is 4.64. The first-order valence-corrected chi connectivity index (χ1v) is 10.5. The molecule has 1 saturated heterocycles. The van der Waals surface area contributed by atoms with Crippen molar-refractivity contribution < 1.29 is 14.3 Å². The predicted octanol–water partition coefficient (Wildman–Crippen LogP) is 4.28. The smallest absolute Gasteiger partial charge is 0.410 e. The van der Waals surface area contributed by atoms with E-state index in [4.69, 9.17) is 9.47 Å². The molecule has 2 heterocycles. The standard InChI is InChI=1S/C22H24N2O3S/c25-22(27-16-17-5-2-1-3-6-17)24-12-11-23-18(15-24)9-13-26-20-7-4-8-21-19(20)10-14-28-21/h1-8,10,14,18,23H,9,11-13,15-16H2/t18-/m1/s1. The number of thiophene rings is 1. The molecule has 2 aromatic carbocycles. The van der Waals surface area contributed by atoms with Crippen LogP contribution in [0.3, 0.4) is 0 Å². The lowest BCUT2D eigenvalue weighted by Gasteiger charge is -2.33. The van der Waals surface area contributed by atoms with Gasteiger partial charge in [-0.25, -0.2) is 4.79 Å². The van der Waals surface area contributed by atoms with Gasteiger partial charge in [-0.1, -0.05) is 36.4 Å². The first kappa shape index (κ1) is 18.8. The molecule has 0 bridgehead atoms. The zero-order valence-corrected chi connectivity index (χ0v) is 16.5. The summed E-state index contributed by atoms with van der Waals surface area (Å²) in [6, 6.07) is 18.2. The number of fused-ring (bicyclic) bond motifs is 1. The number of carbonyl (C=O) groups excluding carboxylic acids is 1. The first-order valence-electron chi connectivity index (χ1n) is 9.57. The van der Waals surface area contributed by atoms with Gasteiger partial charge in [0.15, 0.2) is 0 Å². The zero-order valence-electron chi connectivity index (χ0n) is 15.7. The minimum absolute atomic E-state index is 0.208. The summed E-state index contributed by atoms with van der Waals surface area (Å²) in [7, 11) is 0.